The Bertz CT molecular complexity index is 770. The third kappa shape index (κ3) is 5.71. The Hall–Kier alpha value is -1.06. The summed E-state index contributed by atoms with van der Waals surface area (Å²) >= 11 is 0. The molecule has 0 amide bonds. The van der Waals surface area contributed by atoms with Crippen molar-refractivity contribution in [2.24, 2.45) is 10.9 Å². The van der Waals surface area contributed by atoms with Crippen LogP contribution in [0.2, 0.25) is 0 Å². The van der Waals surface area contributed by atoms with Gasteiger partial charge in [0, 0.05) is 23.7 Å². The lowest BCUT2D eigenvalue weighted by Crippen LogP contribution is -2.44. The van der Waals surface area contributed by atoms with Gasteiger partial charge < -0.3 is 4.74 Å². The molecule has 1 heterocycles. The number of ether oxygens (including phenoxy) is 1. The average molecular weight is 434 g/mol. The third-order valence-corrected chi connectivity index (χ3v) is 8.34. The Balaban J connectivity index is 0.00000261. The number of benzene rings is 1. The van der Waals surface area contributed by atoms with Gasteiger partial charge in [-0.25, -0.2) is 13.1 Å². The molecule has 0 saturated heterocycles. The lowest BCUT2D eigenvalue weighted by atomic mass is 9.85. The summed E-state index contributed by atoms with van der Waals surface area (Å²) in [6.07, 6.45) is 7.44. The van der Waals surface area contributed by atoms with Crippen LogP contribution in [-0.4, -0.2) is 39.9 Å². The van der Waals surface area contributed by atoms with Crippen LogP contribution in [0.1, 0.15) is 25.7 Å². The summed E-state index contributed by atoms with van der Waals surface area (Å²) in [5, 5.41) is 2.14. The maximum Gasteiger partial charge on any atom is 0.208 e. The highest BCUT2D eigenvalue weighted by Crippen LogP contribution is 2.55. The quantitative estimate of drug-likeness (QED) is 0.690. The number of rotatable bonds is 7. The van der Waals surface area contributed by atoms with Crippen LogP contribution in [0.15, 0.2) is 45.8 Å². The number of aliphatic imine (C=N–C) groups is 1. The van der Waals surface area contributed by atoms with Crippen LogP contribution in [0.25, 0.3) is 0 Å². The number of nitrogens with zero attached hydrogens (tertiary/aromatic N) is 1. The van der Waals surface area contributed by atoms with E-state index in [0.717, 1.165) is 31.4 Å². The molecule has 0 spiro atoms. The Labute approximate surface area is 169 Å². The van der Waals surface area contributed by atoms with Crippen LogP contribution < -0.4 is 14.2 Å². The fourth-order valence-corrected chi connectivity index (χ4v) is 6.56. The first-order valence-corrected chi connectivity index (χ1v) is 12.5. The molecule has 3 unspecified atom stereocenters. The van der Waals surface area contributed by atoms with Gasteiger partial charge in [0.2, 0.25) is 10.0 Å². The first-order chi connectivity index (χ1) is 12.4. The predicted octanol–water partition coefficient (Wildman–Crippen LogP) is 3.41. The van der Waals surface area contributed by atoms with Crippen molar-refractivity contribution >= 4 is 38.2 Å². The molecule has 2 aliphatic rings. The van der Waals surface area contributed by atoms with Gasteiger partial charge in [0.25, 0.3) is 0 Å². The first-order valence-electron chi connectivity index (χ1n) is 8.81. The lowest BCUT2D eigenvalue weighted by molar-refractivity contribution is 0.294. The van der Waals surface area contributed by atoms with E-state index in [0.29, 0.717) is 6.54 Å². The molecule has 27 heavy (non-hydrogen) atoms. The van der Waals surface area contributed by atoms with Gasteiger partial charge in [0.05, 0.1) is 18.9 Å². The fraction of sp³-hybridized carbons (Fsp3) is 0.500. The molecule has 0 bridgehead atoms. The average Bonchev–Trinajstić information content (AvgIpc) is 3.10. The molecular formula is C18H28ClN3O3S2. The van der Waals surface area contributed by atoms with Gasteiger partial charge in [-0.05, 0) is 48.4 Å². The van der Waals surface area contributed by atoms with Crippen molar-refractivity contribution in [2.45, 2.75) is 36.6 Å². The molecule has 1 aromatic carbocycles. The second-order valence-electron chi connectivity index (χ2n) is 6.81. The van der Waals surface area contributed by atoms with Crippen LogP contribution in [0, 0.1) is 5.92 Å². The van der Waals surface area contributed by atoms with E-state index in [4.69, 9.17) is 4.74 Å². The summed E-state index contributed by atoms with van der Waals surface area (Å²) in [5.74, 6) is 1.11. The van der Waals surface area contributed by atoms with E-state index < -0.39 is 20.2 Å². The molecule has 152 valence electrons. The Morgan fingerprint density at radius 3 is 2.52 bits per heavy atom. The van der Waals surface area contributed by atoms with Gasteiger partial charge in [0.15, 0.2) is 0 Å². The Morgan fingerprint density at radius 1 is 1.22 bits per heavy atom. The predicted molar refractivity (Wildman–Crippen MR) is 115 cm³/mol. The number of halogens is 1. The van der Waals surface area contributed by atoms with E-state index in [1.165, 1.54) is 11.2 Å². The smallest absolute Gasteiger partial charge is 0.208 e. The van der Waals surface area contributed by atoms with Gasteiger partial charge in [-0.3, -0.25) is 9.71 Å². The highest BCUT2D eigenvalue weighted by atomic mass is 35.5. The van der Waals surface area contributed by atoms with E-state index in [-0.39, 0.29) is 24.4 Å². The van der Waals surface area contributed by atoms with Crippen molar-refractivity contribution in [3.8, 4) is 5.75 Å². The molecule has 1 fully saturated rings. The minimum Gasteiger partial charge on any atom is -0.497 e. The summed E-state index contributed by atoms with van der Waals surface area (Å²) < 4.78 is 34.8. The number of hydrogen-bond donors (Lipinski definition) is 2. The molecule has 1 aliphatic carbocycles. The largest absolute Gasteiger partial charge is 0.497 e. The normalized spacial score (nSPS) is 29.7. The van der Waals surface area contributed by atoms with Crippen molar-refractivity contribution in [2.75, 3.05) is 19.9 Å². The number of sulfonamides is 1. The van der Waals surface area contributed by atoms with E-state index in [1.807, 2.05) is 23.9 Å². The van der Waals surface area contributed by atoms with E-state index in [2.05, 4.69) is 32.0 Å². The molecule has 1 aliphatic heterocycles. The molecule has 2 N–H and O–H groups in total. The Morgan fingerprint density at radius 2 is 1.93 bits per heavy atom. The monoisotopic (exact) mass is 433 g/mol. The molecule has 3 rings (SSSR count). The van der Waals surface area contributed by atoms with Crippen molar-refractivity contribution in [3.05, 3.63) is 35.9 Å². The lowest BCUT2D eigenvalue weighted by Gasteiger charge is -2.41. The topological polar surface area (TPSA) is 79.8 Å². The zero-order valence-corrected chi connectivity index (χ0v) is 18.1. The van der Waals surface area contributed by atoms with Gasteiger partial charge in [-0.15, -0.1) is 22.6 Å². The molecule has 0 radical (unpaired) electrons. The maximum atomic E-state index is 11.5. The van der Waals surface area contributed by atoms with Gasteiger partial charge in [-0.2, -0.15) is 0 Å². The Kier molecular flexibility index (Phi) is 7.76. The minimum atomic E-state index is -3.17. The first kappa shape index (κ1) is 22.2. The van der Waals surface area contributed by atoms with Crippen LogP contribution in [0.4, 0.5) is 0 Å². The second kappa shape index (κ2) is 9.43. The number of methoxy groups -OCH3 is 1. The molecule has 1 aromatic rings. The summed E-state index contributed by atoms with van der Waals surface area (Å²) in [4.78, 5) is 5.53. The van der Waals surface area contributed by atoms with Crippen molar-refractivity contribution in [1.29, 1.82) is 0 Å². The molecule has 6 nitrogen and oxygen atoms in total. The minimum absolute atomic E-state index is 0. The standard InChI is InChI=1S/C18H27N3O3S2.ClH/c1-24-16-7-9-17(10-8-16)26(12-11-19-14-26)21-18-6-4-3-5-15(18)13-20-25(2,22)23;/h7-12,14-15,18,20-21H,3-6,13H2,1-2H3;1H. The number of hydrogen-bond acceptors (Lipinski definition) is 5. The SMILES string of the molecule is COc1ccc(S2(NC3CCCCC3CNS(C)(=O)=O)C=CN=C2)cc1.Cl. The zero-order chi connectivity index (χ0) is 18.6. The zero-order valence-electron chi connectivity index (χ0n) is 15.6. The molecule has 0 aromatic heterocycles. The molecule has 9 heteroatoms. The van der Waals surface area contributed by atoms with Crippen LogP contribution in [-0.2, 0) is 10.0 Å². The second-order valence-corrected chi connectivity index (χ2v) is 11.3. The summed E-state index contributed by atoms with van der Waals surface area (Å²) in [6, 6.07) is 8.35. The summed E-state index contributed by atoms with van der Waals surface area (Å²) in [5.41, 5.74) is 2.00. The molecular weight excluding hydrogens is 406 g/mol. The van der Waals surface area contributed by atoms with Gasteiger partial charge in [-0.1, -0.05) is 12.8 Å². The highest BCUT2D eigenvalue weighted by Gasteiger charge is 2.33. The van der Waals surface area contributed by atoms with Crippen molar-refractivity contribution in [1.82, 2.24) is 9.44 Å². The third-order valence-electron chi connectivity index (χ3n) is 4.90. The molecule has 1 saturated carbocycles. The van der Waals surface area contributed by atoms with Crippen LogP contribution >= 0.6 is 22.6 Å². The van der Waals surface area contributed by atoms with Crippen molar-refractivity contribution in [3.63, 3.8) is 0 Å². The van der Waals surface area contributed by atoms with E-state index >= 15 is 0 Å². The van der Waals surface area contributed by atoms with Gasteiger partial charge >= 0.3 is 0 Å². The molecule has 3 atom stereocenters. The number of nitrogens with one attached hydrogen (secondary N) is 2. The van der Waals surface area contributed by atoms with Gasteiger partial charge in [0.1, 0.15) is 5.75 Å². The van der Waals surface area contributed by atoms with Crippen LogP contribution in [0.3, 0.4) is 0 Å². The van der Waals surface area contributed by atoms with E-state index in [9.17, 15) is 8.42 Å². The maximum absolute atomic E-state index is 11.5. The highest BCUT2D eigenvalue weighted by molar-refractivity contribution is 8.45. The fourth-order valence-electron chi connectivity index (χ4n) is 3.49. The van der Waals surface area contributed by atoms with Crippen LogP contribution in [0.5, 0.6) is 5.75 Å². The summed E-state index contributed by atoms with van der Waals surface area (Å²) in [6.45, 7) is 0.482. The van der Waals surface area contributed by atoms with Crippen molar-refractivity contribution < 1.29 is 13.2 Å². The summed E-state index contributed by atoms with van der Waals surface area (Å²) in [7, 11) is -3.02. The van der Waals surface area contributed by atoms with E-state index in [1.54, 1.807) is 7.11 Å².